The molecule has 1 aliphatic heterocycles. The van der Waals surface area contributed by atoms with Crippen molar-refractivity contribution in [2.24, 2.45) is 0 Å². The van der Waals surface area contributed by atoms with Gasteiger partial charge in [0.2, 0.25) is 0 Å². The van der Waals surface area contributed by atoms with Gasteiger partial charge in [0.1, 0.15) is 0 Å². The van der Waals surface area contributed by atoms with E-state index in [0.29, 0.717) is 6.04 Å². The first kappa shape index (κ1) is 16.2. The van der Waals surface area contributed by atoms with Crippen molar-refractivity contribution in [3.05, 3.63) is 83.6 Å². The lowest BCUT2D eigenvalue weighted by Gasteiger charge is -2.25. The smallest absolute Gasteiger partial charge is 0.0517 e. The van der Waals surface area contributed by atoms with Crippen LogP contribution < -0.4 is 5.32 Å². The van der Waals surface area contributed by atoms with Gasteiger partial charge >= 0.3 is 0 Å². The summed E-state index contributed by atoms with van der Waals surface area (Å²) in [5, 5.41) is 7.79. The number of hydrogen-bond acceptors (Lipinski definition) is 1. The van der Waals surface area contributed by atoms with Crippen molar-refractivity contribution in [2.45, 2.75) is 18.9 Å². The largest absolute Gasteiger partial charge is 0.357 e. The van der Waals surface area contributed by atoms with Gasteiger partial charge in [-0.1, -0.05) is 60.7 Å². The van der Waals surface area contributed by atoms with Crippen molar-refractivity contribution in [2.75, 3.05) is 6.54 Å². The molecule has 2 N–H and O–H groups in total. The van der Waals surface area contributed by atoms with Crippen LogP contribution >= 0.6 is 12.4 Å². The van der Waals surface area contributed by atoms with Crippen molar-refractivity contribution >= 4 is 34.1 Å². The number of aromatic amines is 1. The molecule has 0 aliphatic carbocycles. The molecule has 25 heavy (non-hydrogen) atoms. The Morgan fingerprint density at radius 3 is 2.52 bits per heavy atom. The van der Waals surface area contributed by atoms with Crippen LogP contribution in [0, 0.1) is 0 Å². The Morgan fingerprint density at radius 2 is 1.60 bits per heavy atom. The zero-order chi connectivity index (χ0) is 15.9. The molecule has 4 aromatic rings. The van der Waals surface area contributed by atoms with Crippen LogP contribution in [0.25, 0.3) is 21.7 Å². The number of para-hydroxylation sites is 1. The topological polar surface area (TPSA) is 27.8 Å². The molecule has 126 valence electrons. The van der Waals surface area contributed by atoms with Gasteiger partial charge in [-0.3, -0.25) is 0 Å². The summed E-state index contributed by atoms with van der Waals surface area (Å²) in [6.07, 6.45) is 2.12. The van der Waals surface area contributed by atoms with Crippen molar-refractivity contribution in [1.82, 2.24) is 10.3 Å². The lowest BCUT2D eigenvalue weighted by molar-refractivity contribution is 0.496. The van der Waals surface area contributed by atoms with Gasteiger partial charge in [-0.25, -0.2) is 0 Å². The lowest BCUT2D eigenvalue weighted by atomic mass is 9.92. The molecular weight excluding hydrogens is 328 g/mol. The number of hydrogen-bond donors (Lipinski definition) is 2. The summed E-state index contributed by atoms with van der Waals surface area (Å²) in [5.74, 6) is 0. The first-order valence-electron chi connectivity index (χ1n) is 8.69. The van der Waals surface area contributed by atoms with Gasteiger partial charge in [-0.15, -0.1) is 12.4 Å². The number of nitrogens with one attached hydrogen (secondary N) is 2. The van der Waals surface area contributed by atoms with E-state index in [-0.39, 0.29) is 12.4 Å². The second-order valence-electron chi connectivity index (χ2n) is 6.66. The molecule has 2 nitrogen and oxygen atoms in total. The average Bonchev–Trinajstić information content (AvgIpc) is 3.02. The molecule has 0 fully saturated rings. The van der Waals surface area contributed by atoms with E-state index < -0.39 is 0 Å². The fraction of sp³-hybridized carbons (Fsp3) is 0.182. The first-order chi connectivity index (χ1) is 11.9. The lowest BCUT2D eigenvalue weighted by Crippen LogP contribution is -2.31. The summed E-state index contributed by atoms with van der Waals surface area (Å²) >= 11 is 0. The van der Waals surface area contributed by atoms with E-state index in [9.17, 15) is 0 Å². The zero-order valence-electron chi connectivity index (χ0n) is 14.0. The molecule has 1 atom stereocenters. The van der Waals surface area contributed by atoms with Crippen LogP contribution in [0.2, 0.25) is 0 Å². The highest BCUT2D eigenvalue weighted by Gasteiger charge is 2.24. The summed E-state index contributed by atoms with van der Waals surface area (Å²) in [4.78, 5) is 3.67. The molecule has 1 aromatic heterocycles. The number of halogens is 1. The normalized spacial score (nSPS) is 16.6. The van der Waals surface area contributed by atoms with E-state index in [1.807, 2.05) is 0 Å². The van der Waals surface area contributed by atoms with Crippen LogP contribution in [0.3, 0.4) is 0 Å². The van der Waals surface area contributed by atoms with Crippen LogP contribution in [-0.2, 0) is 12.8 Å². The van der Waals surface area contributed by atoms with E-state index in [4.69, 9.17) is 0 Å². The molecule has 3 heteroatoms. The maximum atomic E-state index is 3.72. The summed E-state index contributed by atoms with van der Waals surface area (Å²) in [7, 11) is 0. The minimum atomic E-state index is 0. The Bertz CT molecular complexity index is 1030. The van der Waals surface area contributed by atoms with Gasteiger partial charge in [-0.05, 0) is 47.4 Å². The van der Waals surface area contributed by atoms with Gasteiger partial charge in [0.15, 0.2) is 0 Å². The van der Waals surface area contributed by atoms with Gasteiger partial charge in [0, 0.05) is 16.6 Å². The third-order valence-corrected chi connectivity index (χ3v) is 5.26. The quantitative estimate of drug-likeness (QED) is 0.513. The molecular formula is C22H21ClN2. The van der Waals surface area contributed by atoms with Gasteiger partial charge in [0.25, 0.3) is 0 Å². The summed E-state index contributed by atoms with van der Waals surface area (Å²) in [6, 6.07) is 24.3. The Morgan fingerprint density at radius 1 is 0.840 bits per heavy atom. The number of rotatable bonds is 2. The Labute approximate surface area is 153 Å². The van der Waals surface area contributed by atoms with E-state index in [2.05, 4.69) is 77.0 Å². The highest BCUT2D eigenvalue weighted by atomic mass is 35.5. The second-order valence-corrected chi connectivity index (χ2v) is 6.66. The van der Waals surface area contributed by atoms with E-state index in [1.54, 1.807) is 0 Å². The Balaban J connectivity index is 0.00000157. The minimum Gasteiger partial charge on any atom is -0.357 e. The van der Waals surface area contributed by atoms with Gasteiger partial charge < -0.3 is 10.3 Å². The van der Waals surface area contributed by atoms with Gasteiger partial charge in [0.05, 0.1) is 6.04 Å². The molecule has 2 heterocycles. The summed E-state index contributed by atoms with van der Waals surface area (Å²) in [6.45, 7) is 1.05. The maximum Gasteiger partial charge on any atom is 0.0517 e. The van der Waals surface area contributed by atoms with E-state index in [1.165, 1.54) is 38.5 Å². The monoisotopic (exact) mass is 348 g/mol. The molecule has 3 aromatic carbocycles. The van der Waals surface area contributed by atoms with Crippen LogP contribution in [-0.4, -0.2) is 11.5 Å². The highest BCUT2D eigenvalue weighted by Crippen LogP contribution is 2.32. The predicted octanol–water partition coefficient (Wildman–Crippen LogP) is 5.17. The third kappa shape index (κ3) is 2.72. The molecule has 1 unspecified atom stereocenters. The van der Waals surface area contributed by atoms with Crippen molar-refractivity contribution in [3.8, 4) is 0 Å². The summed E-state index contributed by atoms with van der Waals surface area (Å²) < 4.78 is 0. The number of fused-ring (bicyclic) bond motifs is 4. The van der Waals surface area contributed by atoms with E-state index in [0.717, 1.165) is 19.4 Å². The third-order valence-electron chi connectivity index (χ3n) is 5.26. The molecule has 1 aliphatic rings. The number of aromatic nitrogens is 1. The Hall–Kier alpha value is -2.29. The van der Waals surface area contributed by atoms with Gasteiger partial charge in [-0.2, -0.15) is 0 Å². The average molecular weight is 349 g/mol. The standard InChI is InChI=1S/C22H20N2.ClH/c1-2-9-17-15(6-1)7-5-8-16(17)14-21-22-19(12-13-23-21)18-10-3-4-11-20(18)24-22;/h1-11,21,23-24H,12-14H2;1H. The highest BCUT2D eigenvalue weighted by molar-refractivity contribution is 5.87. The van der Waals surface area contributed by atoms with Crippen LogP contribution in [0.4, 0.5) is 0 Å². The molecule has 0 bridgehead atoms. The first-order valence-corrected chi connectivity index (χ1v) is 8.69. The molecule has 0 saturated carbocycles. The fourth-order valence-electron chi connectivity index (χ4n) is 4.13. The van der Waals surface area contributed by atoms with Crippen molar-refractivity contribution in [3.63, 3.8) is 0 Å². The molecule has 5 rings (SSSR count). The minimum absolute atomic E-state index is 0. The van der Waals surface area contributed by atoms with Crippen molar-refractivity contribution < 1.29 is 0 Å². The SMILES string of the molecule is Cl.c1ccc2c(CC3NCCc4c3[nH]c3ccccc43)cccc2c1. The summed E-state index contributed by atoms with van der Waals surface area (Å²) in [5.41, 5.74) is 5.54. The second kappa shape index (κ2) is 6.55. The molecule has 0 saturated heterocycles. The fourth-order valence-corrected chi connectivity index (χ4v) is 4.13. The molecule has 0 spiro atoms. The Kier molecular flexibility index (Phi) is 4.24. The molecule has 0 radical (unpaired) electrons. The van der Waals surface area contributed by atoms with Crippen LogP contribution in [0.15, 0.2) is 66.7 Å². The van der Waals surface area contributed by atoms with Crippen molar-refractivity contribution in [1.29, 1.82) is 0 Å². The van der Waals surface area contributed by atoms with E-state index >= 15 is 0 Å². The maximum absolute atomic E-state index is 3.72. The van der Waals surface area contributed by atoms with Crippen LogP contribution in [0.5, 0.6) is 0 Å². The van der Waals surface area contributed by atoms with Crippen LogP contribution in [0.1, 0.15) is 22.9 Å². The zero-order valence-corrected chi connectivity index (χ0v) is 14.8. The number of benzene rings is 3. The predicted molar refractivity (Wildman–Crippen MR) is 108 cm³/mol. The number of H-pyrrole nitrogens is 1. The molecule has 0 amide bonds.